The zero-order valence-electron chi connectivity index (χ0n) is 14.0. The molecule has 1 aromatic heterocycles. The molecule has 1 aromatic carbocycles. The number of benzene rings is 1. The number of hydrogen-bond acceptors (Lipinski definition) is 5. The monoisotopic (exact) mass is 347 g/mol. The fourth-order valence-corrected chi connectivity index (χ4v) is 2.92. The maximum atomic E-state index is 12.9. The fourth-order valence-electron chi connectivity index (χ4n) is 2.92. The SMILES string of the molecule is O=c1cc(C[C@@H]2COCCN(CCOc3ccc(F)cc3)C2)nc[nH]1. The summed E-state index contributed by atoms with van der Waals surface area (Å²) in [5, 5.41) is 0. The van der Waals surface area contributed by atoms with Crippen LogP contribution < -0.4 is 10.3 Å². The predicted octanol–water partition coefficient (Wildman–Crippen LogP) is 1.48. The minimum absolute atomic E-state index is 0.135. The molecule has 1 aliphatic rings. The predicted molar refractivity (Wildman–Crippen MR) is 91.2 cm³/mol. The van der Waals surface area contributed by atoms with Crippen molar-refractivity contribution in [2.45, 2.75) is 6.42 Å². The molecule has 2 heterocycles. The van der Waals surface area contributed by atoms with Crippen LogP contribution in [0.2, 0.25) is 0 Å². The lowest BCUT2D eigenvalue weighted by atomic mass is 10.0. The van der Waals surface area contributed by atoms with E-state index in [0.717, 1.165) is 25.3 Å². The van der Waals surface area contributed by atoms with Gasteiger partial charge in [-0.3, -0.25) is 9.69 Å². The molecule has 1 N–H and O–H groups in total. The van der Waals surface area contributed by atoms with Gasteiger partial charge in [-0.15, -0.1) is 0 Å². The smallest absolute Gasteiger partial charge is 0.250 e. The summed E-state index contributed by atoms with van der Waals surface area (Å²) in [6.07, 6.45) is 2.14. The molecular formula is C18H22FN3O3. The van der Waals surface area contributed by atoms with Gasteiger partial charge >= 0.3 is 0 Å². The third kappa shape index (κ3) is 5.65. The van der Waals surface area contributed by atoms with Crippen LogP contribution in [0.1, 0.15) is 5.69 Å². The highest BCUT2D eigenvalue weighted by molar-refractivity contribution is 5.21. The second kappa shape index (κ2) is 8.73. The Morgan fingerprint density at radius 2 is 2.20 bits per heavy atom. The van der Waals surface area contributed by atoms with Gasteiger partial charge < -0.3 is 14.5 Å². The second-order valence-electron chi connectivity index (χ2n) is 6.15. The third-order valence-electron chi connectivity index (χ3n) is 4.14. The number of aromatic amines is 1. The molecular weight excluding hydrogens is 325 g/mol. The van der Waals surface area contributed by atoms with Gasteiger partial charge in [0.05, 0.1) is 19.5 Å². The molecule has 134 valence electrons. The zero-order valence-corrected chi connectivity index (χ0v) is 14.0. The van der Waals surface area contributed by atoms with Gasteiger partial charge in [-0.05, 0) is 30.7 Å². The molecule has 1 saturated heterocycles. The van der Waals surface area contributed by atoms with Crippen molar-refractivity contribution in [1.82, 2.24) is 14.9 Å². The van der Waals surface area contributed by atoms with Gasteiger partial charge in [0.25, 0.3) is 5.56 Å². The van der Waals surface area contributed by atoms with E-state index in [9.17, 15) is 9.18 Å². The van der Waals surface area contributed by atoms with E-state index >= 15 is 0 Å². The average molecular weight is 347 g/mol. The molecule has 2 aromatic rings. The largest absolute Gasteiger partial charge is 0.492 e. The van der Waals surface area contributed by atoms with Crippen molar-refractivity contribution < 1.29 is 13.9 Å². The van der Waals surface area contributed by atoms with Crippen LogP contribution in [0.25, 0.3) is 0 Å². The van der Waals surface area contributed by atoms with Gasteiger partial charge in [0.2, 0.25) is 0 Å². The van der Waals surface area contributed by atoms with Crippen LogP contribution in [0, 0.1) is 11.7 Å². The van der Waals surface area contributed by atoms with Crippen LogP contribution in [-0.4, -0.2) is 54.3 Å². The van der Waals surface area contributed by atoms with Crippen molar-refractivity contribution in [3.05, 3.63) is 58.5 Å². The molecule has 3 rings (SSSR count). The lowest BCUT2D eigenvalue weighted by Gasteiger charge is -2.23. The number of hydrogen-bond donors (Lipinski definition) is 1. The number of nitrogens with one attached hydrogen (secondary N) is 1. The molecule has 0 spiro atoms. The Bertz CT molecular complexity index is 720. The van der Waals surface area contributed by atoms with Crippen LogP contribution >= 0.6 is 0 Å². The molecule has 0 saturated carbocycles. The van der Waals surface area contributed by atoms with Crippen molar-refractivity contribution >= 4 is 0 Å². The highest BCUT2D eigenvalue weighted by atomic mass is 19.1. The van der Waals surface area contributed by atoms with E-state index in [-0.39, 0.29) is 17.3 Å². The minimum atomic E-state index is -0.270. The lowest BCUT2D eigenvalue weighted by Crippen LogP contribution is -2.34. The lowest BCUT2D eigenvalue weighted by molar-refractivity contribution is 0.121. The van der Waals surface area contributed by atoms with E-state index in [0.29, 0.717) is 32.0 Å². The molecule has 1 fully saturated rings. The van der Waals surface area contributed by atoms with Gasteiger partial charge in [-0.25, -0.2) is 9.37 Å². The van der Waals surface area contributed by atoms with E-state index in [4.69, 9.17) is 9.47 Å². The van der Waals surface area contributed by atoms with E-state index in [1.807, 2.05) is 0 Å². The van der Waals surface area contributed by atoms with Gasteiger partial charge in [-0.2, -0.15) is 0 Å². The summed E-state index contributed by atoms with van der Waals surface area (Å²) >= 11 is 0. The van der Waals surface area contributed by atoms with E-state index < -0.39 is 0 Å². The second-order valence-corrected chi connectivity index (χ2v) is 6.15. The molecule has 0 unspecified atom stereocenters. The summed E-state index contributed by atoms with van der Waals surface area (Å²) in [5.41, 5.74) is 0.644. The van der Waals surface area contributed by atoms with Crippen molar-refractivity contribution in [2.75, 3.05) is 39.5 Å². The van der Waals surface area contributed by atoms with E-state index in [2.05, 4.69) is 14.9 Å². The highest BCUT2D eigenvalue weighted by Gasteiger charge is 2.19. The Hall–Kier alpha value is -2.25. The molecule has 7 heteroatoms. The molecule has 0 aliphatic carbocycles. The first-order valence-electron chi connectivity index (χ1n) is 8.41. The van der Waals surface area contributed by atoms with E-state index in [1.54, 1.807) is 12.1 Å². The summed E-state index contributed by atoms with van der Waals surface area (Å²) < 4.78 is 24.2. The molecule has 0 bridgehead atoms. The average Bonchev–Trinajstić information content (AvgIpc) is 2.82. The number of aromatic nitrogens is 2. The molecule has 1 atom stereocenters. The zero-order chi connectivity index (χ0) is 17.5. The van der Waals surface area contributed by atoms with Crippen LogP contribution in [0.5, 0.6) is 5.75 Å². The first kappa shape index (κ1) is 17.6. The summed E-state index contributed by atoms with van der Waals surface area (Å²) in [7, 11) is 0. The minimum Gasteiger partial charge on any atom is -0.492 e. The van der Waals surface area contributed by atoms with Crippen LogP contribution in [-0.2, 0) is 11.2 Å². The number of nitrogens with zero attached hydrogens (tertiary/aromatic N) is 2. The van der Waals surface area contributed by atoms with Crippen LogP contribution in [0.3, 0.4) is 0 Å². The highest BCUT2D eigenvalue weighted by Crippen LogP contribution is 2.13. The Kier molecular flexibility index (Phi) is 6.14. The van der Waals surface area contributed by atoms with E-state index in [1.165, 1.54) is 24.5 Å². The summed E-state index contributed by atoms with van der Waals surface area (Å²) in [6, 6.07) is 7.57. The molecule has 0 amide bonds. The van der Waals surface area contributed by atoms with Gasteiger partial charge in [-0.1, -0.05) is 0 Å². The standard InChI is InChI=1S/C18H22FN3O3/c19-15-1-3-17(4-2-15)25-8-6-22-5-7-24-12-14(11-22)9-16-10-18(23)21-13-20-16/h1-4,10,13-14H,5-9,11-12H2,(H,20,21,23)/t14-/m0/s1. The van der Waals surface area contributed by atoms with Gasteiger partial charge in [0.1, 0.15) is 18.2 Å². The first-order chi connectivity index (χ1) is 12.2. The summed E-state index contributed by atoms with van der Waals surface area (Å²) in [4.78, 5) is 20.4. The Labute approximate surface area is 145 Å². The number of ether oxygens (including phenoxy) is 2. The number of rotatable bonds is 6. The van der Waals surface area contributed by atoms with Crippen molar-refractivity contribution in [3.8, 4) is 5.75 Å². The Morgan fingerprint density at radius 3 is 3.00 bits per heavy atom. The Morgan fingerprint density at radius 1 is 1.36 bits per heavy atom. The van der Waals surface area contributed by atoms with Gasteiger partial charge in [0.15, 0.2) is 0 Å². The normalized spacial score (nSPS) is 18.7. The van der Waals surface area contributed by atoms with Crippen molar-refractivity contribution in [3.63, 3.8) is 0 Å². The quantitative estimate of drug-likeness (QED) is 0.857. The molecule has 1 aliphatic heterocycles. The number of H-pyrrole nitrogens is 1. The van der Waals surface area contributed by atoms with Crippen LogP contribution in [0.4, 0.5) is 4.39 Å². The third-order valence-corrected chi connectivity index (χ3v) is 4.14. The molecule has 0 radical (unpaired) electrons. The van der Waals surface area contributed by atoms with Gasteiger partial charge in [0, 0.05) is 37.3 Å². The molecule has 25 heavy (non-hydrogen) atoms. The maximum Gasteiger partial charge on any atom is 0.250 e. The topological polar surface area (TPSA) is 67.4 Å². The Balaban J connectivity index is 1.49. The number of halogens is 1. The van der Waals surface area contributed by atoms with Crippen LogP contribution in [0.15, 0.2) is 41.5 Å². The van der Waals surface area contributed by atoms with Crippen molar-refractivity contribution in [1.29, 1.82) is 0 Å². The fraction of sp³-hybridized carbons (Fsp3) is 0.444. The maximum absolute atomic E-state index is 12.9. The summed E-state index contributed by atoms with van der Waals surface area (Å²) in [5.74, 6) is 0.674. The van der Waals surface area contributed by atoms with Crippen molar-refractivity contribution in [2.24, 2.45) is 5.92 Å². The summed E-state index contributed by atoms with van der Waals surface area (Å²) in [6.45, 7) is 4.33. The molecule has 6 nitrogen and oxygen atoms in total. The first-order valence-corrected chi connectivity index (χ1v) is 8.41.